The van der Waals surface area contributed by atoms with Crippen LogP contribution in [0.5, 0.6) is 0 Å². The molecule has 1 aliphatic heterocycles. The van der Waals surface area contributed by atoms with E-state index in [9.17, 15) is 9.59 Å². The van der Waals surface area contributed by atoms with Crippen molar-refractivity contribution >= 4 is 11.9 Å². The Labute approximate surface area is 112 Å². The van der Waals surface area contributed by atoms with Gasteiger partial charge in [-0.15, -0.1) is 0 Å². The third-order valence-electron chi connectivity index (χ3n) is 3.35. The summed E-state index contributed by atoms with van der Waals surface area (Å²) in [6.45, 7) is 6.63. The van der Waals surface area contributed by atoms with Crippen molar-refractivity contribution < 1.29 is 28.5 Å². The molecule has 108 valence electrons. The molecule has 0 aromatic rings. The van der Waals surface area contributed by atoms with Gasteiger partial charge in [-0.2, -0.15) is 0 Å². The first-order chi connectivity index (χ1) is 8.78. The Morgan fingerprint density at radius 3 is 2.37 bits per heavy atom. The summed E-state index contributed by atoms with van der Waals surface area (Å²) in [4.78, 5) is 22.0. The molecule has 6 heteroatoms. The van der Waals surface area contributed by atoms with Gasteiger partial charge < -0.3 is 18.9 Å². The van der Waals surface area contributed by atoms with Crippen LogP contribution in [-0.2, 0) is 28.5 Å². The molecule has 0 spiro atoms. The summed E-state index contributed by atoms with van der Waals surface area (Å²) in [6, 6.07) is 0. The van der Waals surface area contributed by atoms with Crippen molar-refractivity contribution in [3.8, 4) is 0 Å². The van der Waals surface area contributed by atoms with Gasteiger partial charge in [-0.1, -0.05) is 0 Å². The number of carbonyl (C=O) groups is 2. The van der Waals surface area contributed by atoms with Crippen molar-refractivity contribution in [2.75, 3.05) is 6.61 Å². The molecule has 0 amide bonds. The molecule has 6 nitrogen and oxygen atoms in total. The van der Waals surface area contributed by atoms with Gasteiger partial charge in [0.05, 0.1) is 12.7 Å². The largest absolute Gasteiger partial charge is 0.465 e. The zero-order valence-electron chi connectivity index (χ0n) is 11.7. The number of carbonyl (C=O) groups excluding carboxylic acids is 2. The lowest BCUT2D eigenvalue weighted by molar-refractivity contribution is -0.179. The first-order valence-corrected chi connectivity index (χ1v) is 6.45. The molecule has 1 saturated carbocycles. The Morgan fingerprint density at radius 2 is 1.79 bits per heavy atom. The van der Waals surface area contributed by atoms with Crippen molar-refractivity contribution in [1.29, 1.82) is 0 Å². The summed E-state index contributed by atoms with van der Waals surface area (Å²) in [6.07, 6.45) is -0.263. The van der Waals surface area contributed by atoms with Crippen LogP contribution < -0.4 is 0 Å². The Hall–Kier alpha value is -1.14. The zero-order valence-corrected chi connectivity index (χ0v) is 11.7. The highest BCUT2D eigenvalue weighted by Crippen LogP contribution is 2.42. The number of fused-ring (bicyclic) bond motifs is 1. The summed E-state index contributed by atoms with van der Waals surface area (Å²) in [7, 11) is 0. The molecule has 0 bridgehead atoms. The van der Waals surface area contributed by atoms with Crippen LogP contribution in [0.4, 0.5) is 0 Å². The van der Waals surface area contributed by atoms with E-state index in [1.54, 1.807) is 0 Å². The quantitative estimate of drug-likeness (QED) is 0.714. The maximum atomic E-state index is 11.1. The summed E-state index contributed by atoms with van der Waals surface area (Å²) in [5.74, 6) is -1.39. The van der Waals surface area contributed by atoms with Crippen LogP contribution in [0.2, 0.25) is 0 Å². The normalized spacial score (nSPS) is 35.8. The van der Waals surface area contributed by atoms with Crippen molar-refractivity contribution in [2.45, 2.75) is 58.2 Å². The van der Waals surface area contributed by atoms with Crippen molar-refractivity contribution in [1.82, 2.24) is 0 Å². The van der Waals surface area contributed by atoms with Gasteiger partial charge in [0, 0.05) is 19.8 Å². The molecule has 0 aromatic heterocycles. The number of rotatable bonds is 3. The summed E-state index contributed by atoms with van der Waals surface area (Å²) in [5.41, 5.74) is 0. The van der Waals surface area contributed by atoms with E-state index < -0.39 is 5.79 Å². The molecular weight excluding hydrogens is 252 g/mol. The number of ether oxygens (including phenoxy) is 4. The van der Waals surface area contributed by atoms with Crippen LogP contribution in [0.1, 0.15) is 34.1 Å². The van der Waals surface area contributed by atoms with E-state index in [2.05, 4.69) is 0 Å². The van der Waals surface area contributed by atoms with Crippen molar-refractivity contribution in [2.24, 2.45) is 5.92 Å². The van der Waals surface area contributed by atoms with Gasteiger partial charge in [-0.05, 0) is 20.3 Å². The van der Waals surface area contributed by atoms with Crippen LogP contribution in [0.25, 0.3) is 0 Å². The predicted octanol–water partition coefficient (Wildman–Crippen LogP) is 1.02. The number of esters is 2. The molecule has 1 heterocycles. The lowest BCUT2D eigenvalue weighted by Gasteiger charge is -2.23. The second-order valence-electron chi connectivity index (χ2n) is 5.51. The van der Waals surface area contributed by atoms with Gasteiger partial charge in [-0.25, -0.2) is 0 Å². The Kier molecular flexibility index (Phi) is 3.82. The molecule has 1 unspecified atom stereocenters. The topological polar surface area (TPSA) is 71.1 Å². The SMILES string of the molecule is CC(=O)OC[C@H]1CC(OC(C)=O)[C@@H]2OC(C)(C)O[C@H]12. The Bertz CT molecular complexity index is 377. The maximum Gasteiger partial charge on any atom is 0.302 e. The molecule has 4 atom stereocenters. The van der Waals surface area contributed by atoms with Crippen LogP contribution in [0.3, 0.4) is 0 Å². The Morgan fingerprint density at radius 1 is 1.16 bits per heavy atom. The fourth-order valence-corrected chi connectivity index (χ4v) is 2.75. The van der Waals surface area contributed by atoms with Gasteiger partial charge in [0.15, 0.2) is 5.79 Å². The van der Waals surface area contributed by atoms with E-state index in [4.69, 9.17) is 18.9 Å². The van der Waals surface area contributed by atoms with E-state index in [0.717, 1.165) is 0 Å². The first kappa shape index (κ1) is 14.3. The lowest BCUT2D eigenvalue weighted by Crippen LogP contribution is -2.32. The molecule has 2 fully saturated rings. The molecule has 2 aliphatic rings. The highest BCUT2D eigenvalue weighted by Gasteiger charge is 2.55. The highest BCUT2D eigenvalue weighted by molar-refractivity contribution is 5.66. The van der Waals surface area contributed by atoms with E-state index in [1.807, 2.05) is 13.8 Å². The summed E-state index contributed by atoms with van der Waals surface area (Å²) >= 11 is 0. The van der Waals surface area contributed by atoms with E-state index in [-0.39, 0.29) is 42.8 Å². The third-order valence-corrected chi connectivity index (χ3v) is 3.35. The maximum absolute atomic E-state index is 11.1. The molecule has 19 heavy (non-hydrogen) atoms. The van der Waals surface area contributed by atoms with E-state index in [1.165, 1.54) is 13.8 Å². The van der Waals surface area contributed by atoms with Gasteiger partial charge >= 0.3 is 11.9 Å². The van der Waals surface area contributed by atoms with Crippen molar-refractivity contribution in [3.05, 3.63) is 0 Å². The minimum absolute atomic E-state index is 0.0139. The molecule has 1 saturated heterocycles. The lowest BCUT2D eigenvalue weighted by atomic mass is 10.1. The van der Waals surface area contributed by atoms with Gasteiger partial charge in [0.2, 0.25) is 0 Å². The minimum atomic E-state index is -0.706. The first-order valence-electron chi connectivity index (χ1n) is 6.45. The minimum Gasteiger partial charge on any atom is -0.465 e. The van der Waals surface area contributed by atoms with Gasteiger partial charge in [0.1, 0.15) is 12.2 Å². The third kappa shape index (κ3) is 3.25. The fraction of sp³-hybridized carbons (Fsp3) is 0.846. The zero-order chi connectivity index (χ0) is 14.2. The van der Waals surface area contributed by atoms with Crippen molar-refractivity contribution in [3.63, 3.8) is 0 Å². The number of hydrogen-bond donors (Lipinski definition) is 0. The molecule has 0 aromatic carbocycles. The highest BCUT2D eigenvalue weighted by atomic mass is 16.8. The molecular formula is C13H20O6. The van der Waals surface area contributed by atoms with Gasteiger partial charge in [-0.3, -0.25) is 9.59 Å². The van der Waals surface area contributed by atoms with E-state index >= 15 is 0 Å². The second-order valence-corrected chi connectivity index (χ2v) is 5.51. The Balaban J connectivity index is 2.05. The van der Waals surface area contributed by atoms with Crippen LogP contribution >= 0.6 is 0 Å². The second kappa shape index (κ2) is 5.09. The smallest absolute Gasteiger partial charge is 0.302 e. The standard InChI is InChI=1S/C13H20O6/c1-7(14)16-6-9-5-10(17-8(2)15)12-11(9)18-13(3,4)19-12/h9-12H,5-6H2,1-4H3/t9-,10?,11-,12+/m1/s1. The molecule has 1 aliphatic carbocycles. The summed E-state index contributed by atoms with van der Waals surface area (Å²) in [5, 5.41) is 0. The molecule has 0 radical (unpaired) electrons. The number of hydrogen-bond acceptors (Lipinski definition) is 6. The average molecular weight is 272 g/mol. The summed E-state index contributed by atoms with van der Waals surface area (Å²) < 4.78 is 21.9. The fourth-order valence-electron chi connectivity index (χ4n) is 2.75. The monoisotopic (exact) mass is 272 g/mol. The van der Waals surface area contributed by atoms with E-state index in [0.29, 0.717) is 6.42 Å². The van der Waals surface area contributed by atoms with Gasteiger partial charge in [0.25, 0.3) is 0 Å². The van der Waals surface area contributed by atoms with Crippen LogP contribution in [0, 0.1) is 5.92 Å². The average Bonchev–Trinajstić information content (AvgIpc) is 2.70. The van der Waals surface area contributed by atoms with Crippen LogP contribution in [-0.4, -0.2) is 42.6 Å². The molecule has 0 N–H and O–H groups in total. The van der Waals surface area contributed by atoms with Crippen LogP contribution in [0.15, 0.2) is 0 Å². The predicted molar refractivity (Wildman–Crippen MR) is 64.1 cm³/mol. The molecule has 2 rings (SSSR count).